The third-order valence-electron chi connectivity index (χ3n) is 8.37. The fourth-order valence-electron chi connectivity index (χ4n) is 6.63. The van der Waals surface area contributed by atoms with Crippen LogP contribution in [0.2, 0.25) is 0 Å². The van der Waals surface area contributed by atoms with Crippen molar-refractivity contribution in [2.75, 3.05) is 7.11 Å². The van der Waals surface area contributed by atoms with Crippen LogP contribution in [0.3, 0.4) is 0 Å². The van der Waals surface area contributed by atoms with Crippen molar-refractivity contribution in [1.82, 2.24) is 0 Å². The van der Waals surface area contributed by atoms with Crippen molar-refractivity contribution in [2.45, 2.75) is 75.5 Å². The lowest BCUT2D eigenvalue weighted by Gasteiger charge is -2.57. The van der Waals surface area contributed by atoms with Crippen molar-refractivity contribution < 1.29 is 42.1 Å². The van der Waals surface area contributed by atoms with Crippen LogP contribution in [0.1, 0.15) is 52.0 Å². The van der Waals surface area contributed by atoms with Crippen LogP contribution in [0.4, 0.5) is 13.2 Å². The molecule has 6 nitrogen and oxygen atoms in total. The molecule has 0 aromatic heterocycles. The highest BCUT2D eigenvalue weighted by atomic mass is 19.4. The number of carbonyl (C=O) groups excluding carboxylic acids is 2. The summed E-state index contributed by atoms with van der Waals surface area (Å²) in [4.78, 5) is 26.2. The summed E-state index contributed by atoms with van der Waals surface area (Å²) in [5.41, 5.74) is -6.94. The van der Waals surface area contributed by atoms with Crippen molar-refractivity contribution in [2.24, 2.45) is 23.7 Å². The molecule has 1 aromatic rings. The van der Waals surface area contributed by atoms with Crippen LogP contribution < -0.4 is 0 Å². The Labute approximate surface area is 196 Å². The fraction of sp³-hybridized carbons (Fsp3) is 0.680. The number of methoxy groups -OCH3 is 1. The lowest BCUT2D eigenvalue weighted by atomic mass is 9.53. The Kier molecular flexibility index (Phi) is 6.04. The van der Waals surface area contributed by atoms with Crippen LogP contribution in [-0.2, 0) is 29.4 Å². The molecule has 3 aliphatic rings. The summed E-state index contributed by atoms with van der Waals surface area (Å²) >= 11 is 0. The normalized spacial score (nSPS) is 39.4. The number of alkyl halides is 3. The first-order chi connectivity index (χ1) is 15.8. The predicted molar refractivity (Wildman–Crippen MR) is 114 cm³/mol. The second-order valence-corrected chi connectivity index (χ2v) is 10.3. The largest absolute Gasteiger partial charge is 0.454 e. The maximum absolute atomic E-state index is 14.5. The molecule has 4 rings (SSSR count). The van der Waals surface area contributed by atoms with Crippen molar-refractivity contribution in [3.8, 4) is 0 Å². The van der Waals surface area contributed by atoms with E-state index in [2.05, 4.69) is 0 Å². The van der Waals surface area contributed by atoms with Gasteiger partial charge in [0.05, 0.1) is 5.92 Å². The van der Waals surface area contributed by atoms with E-state index in [0.717, 1.165) is 25.7 Å². The van der Waals surface area contributed by atoms with Gasteiger partial charge in [-0.05, 0) is 38.5 Å². The number of hydrogen-bond donors (Lipinski definition) is 1. The quantitative estimate of drug-likeness (QED) is 0.647. The highest BCUT2D eigenvalue weighted by Gasteiger charge is 2.72. The number of carbonyl (C=O) groups is 2. The van der Waals surface area contributed by atoms with E-state index in [4.69, 9.17) is 14.2 Å². The molecule has 0 radical (unpaired) electrons. The van der Waals surface area contributed by atoms with Gasteiger partial charge in [0.15, 0.2) is 11.7 Å². The zero-order valence-corrected chi connectivity index (χ0v) is 19.7. The fourth-order valence-corrected chi connectivity index (χ4v) is 6.63. The van der Waals surface area contributed by atoms with Crippen molar-refractivity contribution in [3.05, 3.63) is 35.9 Å². The molecule has 8 atom stereocenters. The molecule has 0 bridgehead atoms. The van der Waals surface area contributed by atoms with Crippen LogP contribution in [0.15, 0.2) is 30.3 Å². The summed E-state index contributed by atoms with van der Waals surface area (Å²) < 4.78 is 59.9. The lowest BCUT2D eigenvalue weighted by Crippen LogP contribution is -2.70. The third-order valence-corrected chi connectivity index (χ3v) is 8.37. The second kappa shape index (κ2) is 8.22. The first kappa shape index (κ1) is 25.0. The molecular formula is C25H31F3O6. The van der Waals surface area contributed by atoms with E-state index in [1.165, 1.54) is 25.1 Å². The number of halogens is 3. The van der Waals surface area contributed by atoms with Gasteiger partial charge in [0, 0.05) is 24.5 Å². The Balaban J connectivity index is 1.83. The van der Waals surface area contributed by atoms with Gasteiger partial charge in [-0.3, -0.25) is 4.79 Å². The minimum Gasteiger partial charge on any atom is -0.454 e. The number of hydrogen-bond acceptors (Lipinski definition) is 6. The summed E-state index contributed by atoms with van der Waals surface area (Å²) in [6.45, 7) is 5.14. The molecule has 0 unspecified atom stereocenters. The Morgan fingerprint density at radius 2 is 1.76 bits per heavy atom. The average Bonchev–Trinajstić information content (AvgIpc) is 3.01. The van der Waals surface area contributed by atoms with Crippen molar-refractivity contribution in [3.63, 3.8) is 0 Å². The summed E-state index contributed by atoms with van der Waals surface area (Å²) in [5.74, 6) is -3.26. The molecule has 1 spiro atoms. The maximum Gasteiger partial charge on any atom is 0.432 e. The van der Waals surface area contributed by atoms with Crippen LogP contribution in [0, 0.1) is 23.7 Å². The van der Waals surface area contributed by atoms with Gasteiger partial charge in [-0.2, -0.15) is 13.2 Å². The number of benzene rings is 1. The van der Waals surface area contributed by atoms with Gasteiger partial charge in [0.2, 0.25) is 0 Å². The zero-order valence-electron chi connectivity index (χ0n) is 19.7. The molecule has 2 saturated carbocycles. The Morgan fingerprint density at radius 3 is 2.35 bits per heavy atom. The predicted octanol–water partition coefficient (Wildman–Crippen LogP) is 4.14. The van der Waals surface area contributed by atoms with Crippen LogP contribution in [0.25, 0.3) is 0 Å². The molecule has 1 aromatic carbocycles. The molecule has 0 amide bonds. The van der Waals surface area contributed by atoms with Crippen molar-refractivity contribution >= 4 is 11.9 Å². The third kappa shape index (κ3) is 3.38. The van der Waals surface area contributed by atoms with E-state index in [1.807, 2.05) is 6.92 Å². The van der Waals surface area contributed by atoms with E-state index in [9.17, 15) is 27.9 Å². The van der Waals surface area contributed by atoms with Gasteiger partial charge in [-0.25, -0.2) is 4.79 Å². The average molecular weight is 485 g/mol. The topological polar surface area (TPSA) is 82.1 Å². The zero-order chi connectivity index (χ0) is 25.1. The van der Waals surface area contributed by atoms with Gasteiger partial charge in [0.1, 0.15) is 5.60 Å². The Hall–Kier alpha value is -2.13. The minimum atomic E-state index is -5.16. The van der Waals surface area contributed by atoms with Gasteiger partial charge < -0.3 is 19.3 Å². The van der Waals surface area contributed by atoms with Gasteiger partial charge in [0.25, 0.3) is 5.60 Å². The van der Waals surface area contributed by atoms with Gasteiger partial charge in [-0.1, -0.05) is 44.2 Å². The van der Waals surface area contributed by atoms with E-state index >= 15 is 0 Å². The highest BCUT2D eigenvalue weighted by molar-refractivity contribution is 5.83. The highest BCUT2D eigenvalue weighted by Crippen LogP contribution is 2.60. The summed E-state index contributed by atoms with van der Waals surface area (Å²) in [7, 11) is 0.797. The number of rotatable bonds is 4. The monoisotopic (exact) mass is 484 g/mol. The summed E-state index contributed by atoms with van der Waals surface area (Å²) in [5, 5.41) is 11.3. The first-order valence-electron chi connectivity index (χ1n) is 11.7. The van der Waals surface area contributed by atoms with Gasteiger partial charge >= 0.3 is 18.1 Å². The molecule has 1 N–H and O–H groups in total. The standard InChI is InChI=1S/C25H31F3O6/c1-14-10-11-18-15(2)19(29)34-23(18)17(14)12-13-22(3,31)20(23)33-21(30)24(32-4,25(26,27)28)16-8-6-5-7-9-16/h5-9,14-15,17-18,20,31H,10-13H2,1-4H3/t14-,15-,17+,18+,20-,22-,23+,24-/m1/s1. The Bertz CT molecular complexity index is 948. The minimum absolute atomic E-state index is 0.0792. The molecule has 188 valence electrons. The molecule has 1 saturated heterocycles. The van der Waals surface area contributed by atoms with Crippen molar-refractivity contribution in [1.29, 1.82) is 0 Å². The first-order valence-corrected chi connectivity index (χ1v) is 11.7. The summed E-state index contributed by atoms with van der Waals surface area (Å²) in [6, 6.07) is 6.54. The summed E-state index contributed by atoms with van der Waals surface area (Å²) in [6.07, 6.45) is -4.54. The van der Waals surface area contributed by atoms with E-state index in [1.54, 1.807) is 6.92 Å². The van der Waals surface area contributed by atoms with Crippen LogP contribution in [-0.4, -0.2) is 47.6 Å². The van der Waals surface area contributed by atoms with E-state index in [0.29, 0.717) is 12.8 Å². The molecular weight excluding hydrogens is 453 g/mol. The molecule has 3 fully saturated rings. The molecule has 1 heterocycles. The Morgan fingerprint density at radius 1 is 1.12 bits per heavy atom. The van der Waals surface area contributed by atoms with Gasteiger partial charge in [-0.15, -0.1) is 0 Å². The lowest BCUT2D eigenvalue weighted by molar-refractivity contribution is -0.298. The maximum atomic E-state index is 14.5. The smallest absolute Gasteiger partial charge is 0.432 e. The molecule has 1 aliphatic heterocycles. The molecule has 9 heteroatoms. The van der Waals surface area contributed by atoms with E-state index < -0.39 is 52.5 Å². The van der Waals surface area contributed by atoms with Crippen LogP contribution in [0.5, 0.6) is 0 Å². The molecule has 2 aliphatic carbocycles. The SMILES string of the molecule is CO[C@@](C(=O)O[C@H]1[C@@]23OC(=O)[C@H](C)[C@@H]2CC[C@@H](C)[C@@H]3CC[C@@]1(C)O)(c1ccccc1)C(F)(F)F. The second-order valence-electron chi connectivity index (χ2n) is 10.3. The number of ether oxygens (including phenoxy) is 3. The van der Waals surface area contributed by atoms with E-state index in [-0.39, 0.29) is 24.2 Å². The van der Waals surface area contributed by atoms with Crippen LogP contribution >= 0.6 is 0 Å². The number of aliphatic hydroxyl groups is 1. The molecule has 34 heavy (non-hydrogen) atoms. The number of esters is 2.